The summed E-state index contributed by atoms with van der Waals surface area (Å²) in [6, 6.07) is 16.8. The van der Waals surface area contributed by atoms with Gasteiger partial charge in [0.15, 0.2) is 0 Å². The van der Waals surface area contributed by atoms with Gasteiger partial charge in [0.1, 0.15) is 12.3 Å². The van der Waals surface area contributed by atoms with Crippen LogP contribution in [0.4, 0.5) is 5.69 Å². The Kier molecular flexibility index (Phi) is 7.27. The van der Waals surface area contributed by atoms with Crippen LogP contribution < -0.4 is 10.1 Å². The van der Waals surface area contributed by atoms with Crippen molar-refractivity contribution in [1.29, 1.82) is 0 Å². The molecule has 1 N–H and O–H groups in total. The lowest BCUT2D eigenvalue weighted by Gasteiger charge is -2.23. The molecule has 1 aliphatic rings. The van der Waals surface area contributed by atoms with Crippen molar-refractivity contribution in [2.45, 2.75) is 0 Å². The van der Waals surface area contributed by atoms with Gasteiger partial charge in [0.25, 0.3) is 0 Å². The van der Waals surface area contributed by atoms with E-state index in [0.29, 0.717) is 29.9 Å². The van der Waals surface area contributed by atoms with E-state index in [1.165, 1.54) is 11.8 Å². The van der Waals surface area contributed by atoms with Crippen LogP contribution in [0.5, 0.6) is 5.75 Å². The number of hydrogen-bond acceptors (Lipinski definition) is 6. The first-order valence-electron chi connectivity index (χ1n) is 8.55. The van der Waals surface area contributed by atoms with E-state index in [1.54, 1.807) is 11.1 Å². The third-order valence-corrected chi connectivity index (χ3v) is 4.91. The molecule has 1 amide bonds. The van der Waals surface area contributed by atoms with Crippen molar-refractivity contribution in [1.82, 2.24) is 5.01 Å². The third kappa shape index (κ3) is 6.24. The molecule has 0 unspecified atom stereocenters. The van der Waals surface area contributed by atoms with E-state index in [-0.39, 0.29) is 11.7 Å². The summed E-state index contributed by atoms with van der Waals surface area (Å²) in [6.07, 6.45) is 1.76. The quantitative estimate of drug-likeness (QED) is 0.652. The SMILES string of the molecule is C=CCN1CC(Oc2ccc(Br)cc2)=NC(SCC(=O)Nc2ccccc2)=N1. The number of nitrogens with one attached hydrogen (secondary N) is 1. The summed E-state index contributed by atoms with van der Waals surface area (Å²) < 4.78 is 6.85. The molecule has 2 aromatic rings. The average Bonchev–Trinajstić information content (AvgIpc) is 2.69. The van der Waals surface area contributed by atoms with E-state index < -0.39 is 0 Å². The Balaban J connectivity index is 1.63. The maximum absolute atomic E-state index is 12.2. The van der Waals surface area contributed by atoms with Crippen LogP contribution in [-0.4, -0.2) is 40.8 Å². The zero-order valence-electron chi connectivity index (χ0n) is 15.0. The van der Waals surface area contributed by atoms with Crippen LogP contribution >= 0.6 is 27.7 Å². The summed E-state index contributed by atoms with van der Waals surface area (Å²) in [5.74, 6) is 1.29. The largest absolute Gasteiger partial charge is 0.441 e. The van der Waals surface area contributed by atoms with Crippen molar-refractivity contribution in [3.63, 3.8) is 0 Å². The minimum absolute atomic E-state index is 0.120. The number of carbonyl (C=O) groups is 1. The lowest BCUT2D eigenvalue weighted by Crippen LogP contribution is -2.33. The molecule has 0 atom stereocenters. The van der Waals surface area contributed by atoms with Crippen LogP contribution in [0, 0.1) is 0 Å². The summed E-state index contributed by atoms with van der Waals surface area (Å²) in [7, 11) is 0. The highest BCUT2D eigenvalue weighted by Crippen LogP contribution is 2.19. The molecule has 0 saturated heterocycles. The minimum atomic E-state index is -0.120. The van der Waals surface area contributed by atoms with E-state index in [0.717, 1.165) is 10.2 Å². The van der Waals surface area contributed by atoms with Crippen molar-refractivity contribution in [2.24, 2.45) is 10.1 Å². The number of amidine groups is 1. The highest BCUT2D eigenvalue weighted by Gasteiger charge is 2.18. The minimum Gasteiger partial charge on any atom is -0.441 e. The van der Waals surface area contributed by atoms with Gasteiger partial charge in [-0.1, -0.05) is 52.0 Å². The molecule has 1 aliphatic heterocycles. The lowest BCUT2D eigenvalue weighted by molar-refractivity contribution is -0.113. The monoisotopic (exact) mass is 458 g/mol. The van der Waals surface area contributed by atoms with E-state index >= 15 is 0 Å². The zero-order chi connectivity index (χ0) is 19.8. The Morgan fingerprint density at radius 2 is 2.00 bits per heavy atom. The molecule has 3 rings (SSSR count). The molecule has 0 radical (unpaired) electrons. The second kappa shape index (κ2) is 10.1. The maximum Gasteiger partial charge on any atom is 0.234 e. The number of aliphatic imine (C=N–C) groups is 1. The molecule has 144 valence electrons. The lowest BCUT2D eigenvalue weighted by atomic mass is 10.3. The van der Waals surface area contributed by atoms with E-state index in [2.05, 4.69) is 37.9 Å². The molecule has 28 heavy (non-hydrogen) atoms. The Hall–Kier alpha value is -2.58. The number of hydrogen-bond donors (Lipinski definition) is 1. The number of rotatable bonds is 6. The molecular formula is C20H19BrN4O2S. The molecule has 0 aliphatic carbocycles. The van der Waals surface area contributed by atoms with Gasteiger partial charge in [-0.15, -0.1) is 11.7 Å². The van der Waals surface area contributed by atoms with Crippen molar-refractivity contribution < 1.29 is 9.53 Å². The van der Waals surface area contributed by atoms with Gasteiger partial charge in [-0.2, -0.15) is 4.99 Å². The molecule has 0 spiro atoms. The normalized spacial score (nSPS) is 13.4. The van der Waals surface area contributed by atoms with Gasteiger partial charge in [-0.3, -0.25) is 9.80 Å². The van der Waals surface area contributed by atoms with Crippen molar-refractivity contribution in [2.75, 3.05) is 24.2 Å². The smallest absolute Gasteiger partial charge is 0.234 e. The fraction of sp³-hybridized carbons (Fsp3) is 0.150. The first-order chi connectivity index (χ1) is 13.6. The van der Waals surface area contributed by atoms with Crippen LogP contribution in [0.3, 0.4) is 0 Å². The summed E-state index contributed by atoms with van der Waals surface area (Å²) in [4.78, 5) is 16.6. The molecule has 0 aromatic heterocycles. The summed E-state index contributed by atoms with van der Waals surface area (Å²) >= 11 is 4.66. The number of ether oxygens (including phenoxy) is 1. The van der Waals surface area contributed by atoms with E-state index in [9.17, 15) is 4.79 Å². The first-order valence-corrected chi connectivity index (χ1v) is 10.3. The van der Waals surface area contributed by atoms with Crippen molar-refractivity contribution in [3.8, 4) is 5.75 Å². The Morgan fingerprint density at radius 3 is 2.71 bits per heavy atom. The van der Waals surface area contributed by atoms with Gasteiger partial charge in [0.2, 0.25) is 17.0 Å². The Morgan fingerprint density at radius 1 is 1.25 bits per heavy atom. The maximum atomic E-state index is 12.2. The van der Waals surface area contributed by atoms with E-state index in [4.69, 9.17) is 4.74 Å². The van der Waals surface area contributed by atoms with Crippen LogP contribution in [0.2, 0.25) is 0 Å². The number of benzene rings is 2. The van der Waals surface area contributed by atoms with Gasteiger partial charge >= 0.3 is 0 Å². The van der Waals surface area contributed by atoms with E-state index in [1.807, 2.05) is 54.6 Å². The number of anilines is 1. The zero-order valence-corrected chi connectivity index (χ0v) is 17.4. The van der Waals surface area contributed by atoms with Crippen LogP contribution in [-0.2, 0) is 4.79 Å². The standard InChI is InChI=1S/C20H19BrN4O2S/c1-2-12-25-13-19(27-17-10-8-15(21)9-11-17)23-20(24-25)28-14-18(26)22-16-6-4-3-5-7-16/h2-11H,1,12-14H2,(H,22,26). The average molecular weight is 459 g/mol. The number of amides is 1. The first kappa shape index (κ1) is 20.2. The molecule has 2 aromatic carbocycles. The molecule has 8 heteroatoms. The highest BCUT2D eigenvalue weighted by molar-refractivity contribution is 9.10. The predicted octanol–water partition coefficient (Wildman–Crippen LogP) is 4.37. The highest BCUT2D eigenvalue weighted by atomic mass is 79.9. The van der Waals surface area contributed by atoms with Gasteiger partial charge in [0.05, 0.1) is 12.3 Å². The topological polar surface area (TPSA) is 66.3 Å². The van der Waals surface area contributed by atoms with Crippen LogP contribution in [0.1, 0.15) is 0 Å². The van der Waals surface area contributed by atoms with Crippen LogP contribution in [0.15, 0.2) is 81.8 Å². The van der Waals surface area contributed by atoms with Gasteiger partial charge in [-0.05, 0) is 36.4 Å². The Labute approximate surface area is 176 Å². The summed E-state index contributed by atoms with van der Waals surface area (Å²) in [5, 5.41) is 9.56. The molecule has 0 bridgehead atoms. The van der Waals surface area contributed by atoms with Crippen LogP contribution in [0.25, 0.3) is 0 Å². The number of carbonyl (C=O) groups excluding carboxylic acids is 1. The summed E-state index contributed by atoms with van der Waals surface area (Å²) in [6.45, 7) is 4.74. The van der Waals surface area contributed by atoms with Gasteiger partial charge < -0.3 is 10.1 Å². The molecule has 0 fully saturated rings. The fourth-order valence-corrected chi connectivity index (χ4v) is 3.27. The Bertz CT molecular complexity index is 885. The van der Waals surface area contributed by atoms with Gasteiger partial charge in [-0.25, -0.2) is 0 Å². The molecular weight excluding hydrogens is 440 g/mol. The second-order valence-electron chi connectivity index (χ2n) is 5.78. The molecule has 1 heterocycles. The number of halogens is 1. The third-order valence-electron chi connectivity index (χ3n) is 3.54. The summed E-state index contributed by atoms with van der Waals surface area (Å²) in [5.41, 5.74) is 0.759. The van der Waals surface area contributed by atoms with Gasteiger partial charge in [0, 0.05) is 10.2 Å². The molecule has 0 saturated carbocycles. The molecule has 6 nitrogen and oxygen atoms in total. The number of hydrazone groups is 1. The number of thioether (sulfide) groups is 1. The number of para-hydroxylation sites is 1. The van der Waals surface area contributed by atoms with Crippen molar-refractivity contribution in [3.05, 3.63) is 71.7 Å². The predicted molar refractivity (Wildman–Crippen MR) is 119 cm³/mol. The van der Waals surface area contributed by atoms with Crippen molar-refractivity contribution >= 4 is 50.4 Å². The number of nitrogens with zero attached hydrogens (tertiary/aromatic N) is 3. The fourth-order valence-electron chi connectivity index (χ4n) is 2.33. The second-order valence-corrected chi connectivity index (χ2v) is 7.64.